The summed E-state index contributed by atoms with van der Waals surface area (Å²) < 4.78 is 40.2. The van der Waals surface area contributed by atoms with Crippen molar-refractivity contribution in [3.63, 3.8) is 0 Å². The normalized spacial score (nSPS) is 16.3. The second-order valence-corrected chi connectivity index (χ2v) is 6.54. The molecule has 0 aliphatic carbocycles. The molecular formula is C22H21F3N2. The summed E-state index contributed by atoms with van der Waals surface area (Å²) in [5, 5.41) is 6.17. The van der Waals surface area contributed by atoms with E-state index in [0.29, 0.717) is 5.56 Å². The van der Waals surface area contributed by atoms with Gasteiger partial charge in [-0.05, 0) is 43.0 Å². The van der Waals surface area contributed by atoms with Crippen molar-refractivity contribution >= 4 is 18.0 Å². The van der Waals surface area contributed by atoms with E-state index >= 15 is 0 Å². The monoisotopic (exact) mass is 370 g/mol. The second kappa shape index (κ2) is 8.25. The Hall–Kier alpha value is -2.82. The van der Waals surface area contributed by atoms with E-state index in [9.17, 15) is 13.2 Å². The molecule has 1 atom stereocenters. The first-order valence-corrected chi connectivity index (χ1v) is 8.82. The molecule has 0 saturated heterocycles. The minimum atomic E-state index is -4.33. The van der Waals surface area contributed by atoms with Crippen LogP contribution in [0.3, 0.4) is 0 Å². The zero-order valence-electron chi connectivity index (χ0n) is 15.0. The molecule has 0 bridgehead atoms. The summed E-state index contributed by atoms with van der Waals surface area (Å²) >= 11 is 0. The first kappa shape index (κ1) is 19.0. The summed E-state index contributed by atoms with van der Waals surface area (Å²) in [5.41, 5.74) is 3.05. The largest absolute Gasteiger partial charge is 0.399 e. The molecule has 0 N–H and O–H groups in total. The third-order valence-electron chi connectivity index (χ3n) is 4.37. The topological polar surface area (TPSA) is 15.6 Å². The van der Waals surface area contributed by atoms with Gasteiger partial charge in [-0.3, -0.25) is 0 Å². The molecule has 0 saturated carbocycles. The highest BCUT2D eigenvalue weighted by Gasteiger charge is 2.38. The molecule has 2 nitrogen and oxygen atoms in total. The van der Waals surface area contributed by atoms with E-state index in [0.717, 1.165) is 18.5 Å². The molecule has 140 valence electrons. The standard InChI is InChI=1S/C22H21F3N2/c1-17-6-5-15-26-27(16-17)20-12-9-18(10-13-20)11-14-21(22(23,24)25)19-7-3-2-4-8-19/h2-4,7-16,21H,5-6H2,1H3. The highest BCUT2D eigenvalue weighted by molar-refractivity contribution is 5.64. The molecule has 0 fully saturated rings. The van der Waals surface area contributed by atoms with Crippen LogP contribution in [-0.2, 0) is 0 Å². The van der Waals surface area contributed by atoms with E-state index in [1.165, 1.54) is 29.9 Å². The average Bonchev–Trinajstić information content (AvgIpc) is 2.87. The van der Waals surface area contributed by atoms with E-state index in [2.05, 4.69) is 12.0 Å². The van der Waals surface area contributed by atoms with Crippen molar-refractivity contribution in [3.8, 4) is 0 Å². The lowest BCUT2D eigenvalue weighted by atomic mass is 9.97. The molecule has 0 radical (unpaired) electrons. The third kappa shape index (κ3) is 5.09. The van der Waals surface area contributed by atoms with Crippen LogP contribution in [-0.4, -0.2) is 12.4 Å². The molecule has 27 heavy (non-hydrogen) atoms. The Balaban J connectivity index is 1.79. The molecule has 2 aromatic carbocycles. The maximum atomic E-state index is 13.4. The summed E-state index contributed by atoms with van der Waals surface area (Å²) in [7, 11) is 0. The number of anilines is 1. The predicted molar refractivity (Wildman–Crippen MR) is 105 cm³/mol. The molecule has 0 aromatic heterocycles. The van der Waals surface area contributed by atoms with E-state index in [1.54, 1.807) is 35.3 Å². The quantitative estimate of drug-likeness (QED) is 0.597. The van der Waals surface area contributed by atoms with Gasteiger partial charge in [-0.2, -0.15) is 18.3 Å². The minimum Gasteiger partial charge on any atom is -0.241 e. The van der Waals surface area contributed by atoms with Crippen LogP contribution in [0.1, 0.15) is 36.8 Å². The summed E-state index contributed by atoms with van der Waals surface area (Å²) in [5.74, 6) is -1.63. The summed E-state index contributed by atoms with van der Waals surface area (Å²) in [6.07, 6.45) is 4.11. The van der Waals surface area contributed by atoms with Gasteiger partial charge >= 0.3 is 6.18 Å². The van der Waals surface area contributed by atoms with Gasteiger partial charge in [0.2, 0.25) is 0 Å². The number of rotatable bonds is 4. The number of halogens is 3. The molecule has 0 spiro atoms. The zero-order valence-corrected chi connectivity index (χ0v) is 15.0. The van der Waals surface area contributed by atoms with Gasteiger partial charge in [-0.15, -0.1) is 0 Å². The van der Waals surface area contributed by atoms with Crippen molar-refractivity contribution in [3.05, 3.63) is 83.6 Å². The first-order chi connectivity index (χ1) is 12.9. The molecular weight excluding hydrogens is 349 g/mol. The highest BCUT2D eigenvalue weighted by Crippen LogP contribution is 2.36. The Labute approximate surface area is 157 Å². The number of hydrogen-bond acceptors (Lipinski definition) is 2. The van der Waals surface area contributed by atoms with Gasteiger partial charge in [-0.1, -0.05) is 60.2 Å². The van der Waals surface area contributed by atoms with Gasteiger partial charge in [0.1, 0.15) is 0 Å². The lowest BCUT2D eigenvalue weighted by Crippen LogP contribution is -2.18. The van der Waals surface area contributed by atoms with Gasteiger partial charge in [0.25, 0.3) is 0 Å². The maximum Gasteiger partial charge on any atom is 0.399 e. The van der Waals surface area contributed by atoms with Crippen LogP contribution in [0.25, 0.3) is 6.08 Å². The van der Waals surface area contributed by atoms with Crippen molar-refractivity contribution in [2.24, 2.45) is 5.10 Å². The number of hydrogen-bond donors (Lipinski definition) is 0. The fourth-order valence-corrected chi connectivity index (χ4v) is 2.90. The zero-order chi connectivity index (χ0) is 19.3. The molecule has 3 rings (SSSR count). The SMILES string of the molecule is CC1=CN(c2ccc(C=CC(c3ccccc3)C(F)(F)F)cc2)N=CCC1. The van der Waals surface area contributed by atoms with E-state index in [4.69, 9.17) is 0 Å². The second-order valence-electron chi connectivity index (χ2n) is 6.54. The van der Waals surface area contributed by atoms with Crippen LogP contribution in [0, 0.1) is 0 Å². The first-order valence-electron chi connectivity index (χ1n) is 8.82. The van der Waals surface area contributed by atoms with Crippen LogP contribution >= 0.6 is 0 Å². The van der Waals surface area contributed by atoms with E-state index < -0.39 is 12.1 Å². The smallest absolute Gasteiger partial charge is 0.241 e. The predicted octanol–water partition coefficient (Wildman–Crippen LogP) is 6.54. The van der Waals surface area contributed by atoms with Crippen molar-refractivity contribution in [1.82, 2.24) is 0 Å². The van der Waals surface area contributed by atoms with Crippen LogP contribution in [0.15, 0.2) is 77.5 Å². The Kier molecular flexibility index (Phi) is 5.79. The number of hydrazone groups is 1. The lowest BCUT2D eigenvalue weighted by Gasteiger charge is -2.17. The van der Waals surface area contributed by atoms with Crippen molar-refractivity contribution in [1.29, 1.82) is 0 Å². The summed E-state index contributed by atoms with van der Waals surface area (Å²) in [4.78, 5) is 0. The van der Waals surface area contributed by atoms with Crippen molar-refractivity contribution < 1.29 is 13.2 Å². The van der Waals surface area contributed by atoms with Crippen LogP contribution in [0.2, 0.25) is 0 Å². The molecule has 0 amide bonds. The molecule has 5 heteroatoms. The Bertz CT molecular complexity index is 834. The van der Waals surface area contributed by atoms with Gasteiger partial charge < -0.3 is 0 Å². The Morgan fingerprint density at radius 3 is 2.41 bits per heavy atom. The number of nitrogens with zero attached hydrogens (tertiary/aromatic N) is 2. The van der Waals surface area contributed by atoms with Gasteiger partial charge in [-0.25, -0.2) is 5.01 Å². The fraction of sp³-hybridized carbons (Fsp3) is 0.227. The Morgan fingerprint density at radius 2 is 1.74 bits per heavy atom. The van der Waals surface area contributed by atoms with E-state index in [1.807, 2.05) is 24.5 Å². The molecule has 1 aliphatic heterocycles. The average molecular weight is 370 g/mol. The molecule has 1 heterocycles. The third-order valence-corrected chi connectivity index (χ3v) is 4.37. The molecule has 1 unspecified atom stereocenters. The van der Waals surface area contributed by atoms with Crippen molar-refractivity contribution in [2.75, 3.05) is 5.01 Å². The highest BCUT2D eigenvalue weighted by atomic mass is 19.4. The Morgan fingerprint density at radius 1 is 1.04 bits per heavy atom. The molecule has 1 aliphatic rings. The molecule has 2 aromatic rings. The van der Waals surface area contributed by atoms with E-state index in [-0.39, 0.29) is 5.56 Å². The van der Waals surface area contributed by atoms with Gasteiger partial charge in [0.05, 0.1) is 11.6 Å². The number of allylic oxidation sites excluding steroid dienone is 2. The number of alkyl halides is 3. The summed E-state index contributed by atoms with van der Waals surface area (Å²) in [6.45, 7) is 2.06. The number of benzene rings is 2. The van der Waals surface area contributed by atoms with Gasteiger partial charge in [0, 0.05) is 12.4 Å². The maximum absolute atomic E-state index is 13.4. The summed E-state index contributed by atoms with van der Waals surface area (Å²) in [6, 6.07) is 15.3. The van der Waals surface area contributed by atoms with Gasteiger partial charge in [0.15, 0.2) is 0 Å². The van der Waals surface area contributed by atoms with Crippen LogP contribution in [0.5, 0.6) is 0 Å². The minimum absolute atomic E-state index is 0.234. The lowest BCUT2D eigenvalue weighted by molar-refractivity contribution is -0.139. The van der Waals surface area contributed by atoms with Crippen LogP contribution in [0.4, 0.5) is 18.9 Å². The van der Waals surface area contributed by atoms with Crippen molar-refractivity contribution in [2.45, 2.75) is 31.9 Å². The van der Waals surface area contributed by atoms with Crippen LogP contribution < -0.4 is 5.01 Å². The fourth-order valence-electron chi connectivity index (χ4n) is 2.90.